The molecule has 1 amide bonds. The van der Waals surface area contributed by atoms with Crippen LogP contribution in [0.25, 0.3) is 0 Å². The molecule has 0 saturated heterocycles. The summed E-state index contributed by atoms with van der Waals surface area (Å²) in [5, 5.41) is 3.76. The zero-order valence-electron chi connectivity index (χ0n) is 13.1. The number of hydrogen-bond donors (Lipinski definition) is 1. The number of amides is 1. The van der Waals surface area contributed by atoms with Gasteiger partial charge in [-0.2, -0.15) is 5.10 Å². The van der Waals surface area contributed by atoms with Crippen LogP contribution in [0.3, 0.4) is 0 Å². The Labute approximate surface area is 135 Å². The van der Waals surface area contributed by atoms with E-state index in [9.17, 15) is 9.18 Å². The molecule has 1 N–H and O–H groups in total. The maximum atomic E-state index is 13.0. The second-order valence-corrected chi connectivity index (χ2v) is 5.36. The van der Waals surface area contributed by atoms with Gasteiger partial charge >= 0.3 is 0 Å². The first-order chi connectivity index (χ1) is 11.0. The van der Waals surface area contributed by atoms with Gasteiger partial charge in [0, 0.05) is 0 Å². The standard InChI is InChI=1S/C18H19FN2O2/c1-13(2)15-6-8-17(9-7-15)23-12-18(22)21-20-11-14-4-3-5-16(19)10-14/h3-11,13H,12H2,1-2H3,(H,21,22). The summed E-state index contributed by atoms with van der Waals surface area (Å²) in [6, 6.07) is 13.5. The third-order valence-electron chi connectivity index (χ3n) is 3.17. The molecule has 2 rings (SSSR count). The van der Waals surface area contributed by atoms with Crippen LogP contribution in [-0.4, -0.2) is 18.7 Å². The van der Waals surface area contributed by atoms with Crippen molar-refractivity contribution in [2.45, 2.75) is 19.8 Å². The number of nitrogens with one attached hydrogen (secondary N) is 1. The Morgan fingerprint density at radius 3 is 2.65 bits per heavy atom. The highest BCUT2D eigenvalue weighted by molar-refractivity contribution is 5.82. The van der Waals surface area contributed by atoms with Gasteiger partial charge in [-0.15, -0.1) is 0 Å². The summed E-state index contributed by atoms with van der Waals surface area (Å²) in [4.78, 5) is 11.6. The van der Waals surface area contributed by atoms with Crippen LogP contribution in [0.1, 0.15) is 30.9 Å². The van der Waals surface area contributed by atoms with E-state index in [1.807, 2.05) is 24.3 Å². The molecule has 0 aromatic heterocycles. The lowest BCUT2D eigenvalue weighted by Crippen LogP contribution is -2.24. The summed E-state index contributed by atoms with van der Waals surface area (Å²) >= 11 is 0. The minimum absolute atomic E-state index is 0.137. The van der Waals surface area contributed by atoms with E-state index in [-0.39, 0.29) is 18.3 Å². The number of benzene rings is 2. The maximum Gasteiger partial charge on any atom is 0.277 e. The van der Waals surface area contributed by atoms with Gasteiger partial charge < -0.3 is 4.74 Å². The Hall–Kier alpha value is -2.69. The topological polar surface area (TPSA) is 50.7 Å². The van der Waals surface area contributed by atoms with E-state index in [0.717, 1.165) is 0 Å². The van der Waals surface area contributed by atoms with Crippen molar-refractivity contribution in [2.75, 3.05) is 6.61 Å². The summed E-state index contributed by atoms with van der Waals surface area (Å²) in [7, 11) is 0. The maximum absolute atomic E-state index is 13.0. The second kappa shape index (κ2) is 8.08. The molecule has 2 aromatic carbocycles. The third-order valence-corrected chi connectivity index (χ3v) is 3.17. The van der Waals surface area contributed by atoms with E-state index in [1.165, 1.54) is 23.9 Å². The van der Waals surface area contributed by atoms with Gasteiger partial charge in [0.15, 0.2) is 6.61 Å². The van der Waals surface area contributed by atoms with Crippen LogP contribution in [0, 0.1) is 5.82 Å². The van der Waals surface area contributed by atoms with Crippen LogP contribution in [0.4, 0.5) is 4.39 Å². The number of carbonyl (C=O) groups is 1. The smallest absolute Gasteiger partial charge is 0.277 e. The summed E-state index contributed by atoms with van der Waals surface area (Å²) in [6.07, 6.45) is 1.37. The Kier molecular flexibility index (Phi) is 5.86. The van der Waals surface area contributed by atoms with Crippen molar-refractivity contribution >= 4 is 12.1 Å². The lowest BCUT2D eigenvalue weighted by atomic mass is 10.0. The van der Waals surface area contributed by atoms with Crippen LogP contribution in [-0.2, 0) is 4.79 Å². The molecule has 0 bridgehead atoms. The van der Waals surface area contributed by atoms with E-state index in [1.54, 1.807) is 12.1 Å². The van der Waals surface area contributed by atoms with Crippen LogP contribution in [0.15, 0.2) is 53.6 Å². The molecule has 0 radical (unpaired) electrons. The zero-order chi connectivity index (χ0) is 16.7. The van der Waals surface area contributed by atoms with Crippen molar-refractivity contribution in [2.24, 2.45) is 5.10 Å². The number of hydrogen-bond acceptors (Lipinski definition) is 3. The molecule has 0 saturated carbocycles. The molecule has 0 aliphatic heterocycles. The molecule has 0 heterocycles. The number of rotatable bonds is 6. The molecule has 0 atom stereocenters. The SMILES string of the molecule is CC(C)c1ccc(OCC(=O)NN=Cc2cccc(F)c2)cc1. The minimum atomic E-state index is -0.384. The van der Waals surface area contributed by atoms with E-state index in [2.05, 4.69) is 24.4 Å². The molecule has 0 aliphatic carbocycles. The van der Waals surface area contributed by atoms with E-state index in [4.69, 9.17) is 4.74 Å². The minimum Gasteiger partial charge on any atom is -0.484 e. The number of carbonyl (C=O) groups excluding carboxylic acids is 1. The first kappa shape index (κ1) is 16.7. The van der Waals surface area contributed by atoms with Crippen molar-refractivity contribution < 1.29 is 13.9 Å². The van der Waals surface area contributed by atoms with Crippen molar-refractivity contribution in [3.63, 3.8) is 0 Å². The summed E-state index contributed by atoms with van der Waals surface area (Å²) in [5.74, 6) is 0.335. The fraction of sp³-hybridized carbons (Fsp3) is 0.222. The molecule has 0 spiro atoms. The molecule has 5 heteroatoms. The number of hydrazone groups is 1. The molecule has 23 heavy (non-hydrogen) atoms. The fourth-order valence-electron chi connectivity index (χ4n) is 1.90. The van der Waals surface area contributed by atoms with Crippen molar-refractivity contribution in [1.82, 2.24) is 5.43 Å². The van der Waals surface area contributed by atoms with Crippen LogP contribution in [0.5, 0.6) is 5.75 Å². The first-order valence-electron chi connectivity index (χ1n) is 7.35. The molecular formula is C18H19FN2O2. The third kappa shape index (κ3) is 5.54. The Morgan fingerprint density at radius 1 is 1.26 bits per heavy atom. The van der Waals surface area contributed by atoms with Gasteiger partial charge in [-0.1, -0.05) is 38.1 Å². The van der Waals surface area contributed by atoms with Gasteiger partial charge in [-0.25, -0.2) is 9.82 Å². The van der Waals surface area contributed by atoms with Gasteiger partial charge in [-0.05, 0) is 41.3 Å². The van der Waals surface area contributed by atoms with Gasteiger partial charge in [0.1, 0.15) is 11.6 Å². The summed E-state index contributed by atoms with van der Waals surface area (Å²) in [6.45, 7) is 4.08. The van der Waals surface area contributed by atoms with Gasteiger partial charge in [0.25, 0.3) is 5.91 Å². The van der Waals surface area contributed by atoms with Crippen LogP contribution < -0.4 is 10.2 Å². The van der Waals surface area contributed by atoms with Crippen molar-refractivity contribution in [3.05, 3.63) is 65.5 Å². The van der Waals surface area contributed by atoms with Gasteiger partial charge in [0.05, 0.1) is 6.21 Å². The van der Waals surface area contributed by atoms with E-state index in [0.29, 0.717) is 17.2 Å². The molecule has 0 unspecified atom stereocenters. The molecule has 2 aromatic rings. The number of nitrogens with zero attached hydrogens (tertiary/aromatic N) is 1. The largest absolute Gasteiger partial charge is 0.484 e. The van der Waals surface area contributed by atoms with Crippen LogP contribution >= 0.6 is 0 Å². The van der Waals surface area contributed by atoms with Crippen molar-refractivity contribution in [3.8, 4) is 5.75 Å². The zero-order valence-corrected chi connectivity index (χ0v) is 13.1. The monoisotopic (exact) mass is 314 g/mol. The predicted octanol–water partition coefficient (Wildman–Crippen LogP) is 3.48. The summed E-state index contributed by atoms with van der Waals surface area (Å²) < 4.78 is 18.3. The highest BCUT2D eigenvalue weighted by atomic mass is 19.1. The highest BCUT2D eigenvalue weighted by Crippen LogP contribution is 2.18. The Morgan fingerprint density at radius 2 is 2.00 bits per heavy atom. The van der Waals surface area contributed by atoms with Crippen LogP contribution in [0.2, 0.25) is 0 Å². The second-order valence-electron chi connectivity index (χ2n) is 5.36. The lowest BCUT2D eigenvalue weighted by molar-refractivity contribution is -0.123. The molecular weight excluding hydrogens is 295 g/mol. The highest BCUT2D eigenvalue weighted by Gasteiger charge is 2.03. The average molecular weight is 314 g/mol. The lowest BCUT2D eigenvalue weighted by Gasteiger charge is -2.08. The average Bonchev–Trinajstić information content (AvgIpc) is 2.53. The predicted molar refractivity (Wildman–Crippen MR) is 88.2 cm³/mol. The molecule has 0 aliphatic rings. The van der Waals surface area contributed by atoms with E-state index >= 15 is 0 Å². The van der Waals surface area contributed by atoms with Gasteiger partial charge in [-0.3, -0.25) is 4.79 Å². The fourth-order valence-corrected chi connectivity index (χ4v) is 1.90. The Bertz CT molecular complexity index is 682. The molecule has 4 nitrogen and oxygen atoms in total. The first-order valence-corrected chi connectivity index (χ1v) is 7.35. The number of ether oxygens (including phenoxy) is 1. The quantitative estimate of drug-likeness (QED) is 0.655. The van der Waals surface area contributed by atoms with E-state index < -0.39 is 0 Å². The normalized spacial score (nSPS) is 11.0. The Balaban J connectivity index is 1.78. The van der Waals surface area contributed by atoms with Gasteiger partial charge in [0.2, 0.25) is 0 Å². The number of halogens is 1. The molecule has 120 valence electrons. The molecule has 0 fully saturated rings. The summed E-state index contributed by atoms with van der Waals surface area (Å²) in [5.41, 5.74) is 4.11. The van der Waals surface area contributed by atoms with Crippen molar-refractivity contribution in [1.29, 1.82) is 0 Å².